The van der Waals surface area contributed by atoms with Crippen LogP contribution in [0.1, 0.15) is 41.0 Å². The quantitative estimate of drug-likeness (QED) is 0.684. The maximum absolute atomic E-state index is 12.0. The summed E-state index contributed by atoms with van der Waals surface area (Å²) in [5.41, 5.74) is -0.461. The van der Waals surface area contributed by atoms with Gasteiger partial charge in [0.05, 0.1) is 0 Å². The Morgan fingerprint density at radius 3 is 2.21 bits per heavy atom. The summed E-state index contributed by atoms with van der Waals surface area (Å²) in [6.45, 7) is 14.0. The van der Waals surface area contributed by atoms with Gasteiger partial charge in [0.25, 0.3) is 0 Å². The number of nitrogens with zero attached hydrogens (tertiary/aromatic N) is 2. The van der Waals surface area contributed by atoms with Crippen molar-refractivity contribution in [2.75, 3.05) is 39.3 Å². The van der Waals surface area contributed by atoms with Crippen LogP contribution in [0, 0.1) is 5.92 Å². The first-order chi connectivity index (χ1) is 11.1. The summed E-state index contributed by atoms with van der Waals surface area (Å²) in [6.07, 6.45) is 0.646. The Labute approximate surface area is 145 Å². The van der Waals surface area contributed by atoms with Crippen molar-refractivity contribution < 1.29 is 19.4 Å². The van der Waals surface area contributed by atoms with Gasteiger partial charge in [0.1, 0.15) is 11.6 Å². The highest BCUT2D eigenvalue weighted by atomic mass is 16.6. The molecule has 24 heavy (non-hydrogen) atoms. The zero-order chi connectivity index (χ0) is 18.3. The highest BCUT2D eigenvalue weighted by Gasteiger charge is 2.25. The van der Waals surface area contributed by atoms with Gasteiger partial charge in [0.15, 0.2) is 0 Å². The number of amides is 1. The molecule has 0 unspecified atom stereocenters. The van der Waals surface area contributed by atoms with Crippen LogP contribution in [0.2, 0.25) is 0 Å². The minimum absolute atomic E-state index is 0.0693. The standard InChI is InChI=1S/C17H33N3O4/c1-13(2)14(15(21)22)18-7-6-8-19-9-11-20(12-10-19)16(23)24-17(3,4)5/h13-14,18H,6-12H2,1-5H3,(H,21,22)/t14-/m0/s1. The summed E-state index contributed by atoms with van der Waals surface area (Å²) < 4.78 is 5.38. The molecule has 0 radical (unpaired) electrons. The van der Waals surface area contributed by atoms with Gasteiger partial charge in [0, 0.05) is 26.2 Å². The van der Waals surface area contributed by atoms with Gasteiger partial charge in [-0.15, -0.1) is 0 Å². The molecule has 0 aliphatic carbocycles. The van der Waals surface area contributed by atoms with Crippen LogP contribution in [0.3, 0.4) is 0 Å². The fourth-order valence-corrected chi connectivity index (χ4v) is 2.65. The highest BCUT2D eigenvalue weighted by molar-refractivity contribution is 5.73. The Kier molecular flexibility index (Phi) is 7.96. The zero-order valence-corrected chi connectivity index (χ0v) is 15.7. The van der Waals surface area contributed by atoms with E-state index in [9.17, 15) is 9.59 Å². The summed E-state index contributed by atoms with van der Waals surface area (Å²) in [7, 11) is 0. The molecule has 0 bridgehead atoms. The molecule has 1 aliphatic rings. The highest BCUT2D eigenvalue weighted by Crippen LogP contribution is 2.12. The van der Waals surface area contributed by atoms with Crippen LogP contribution in [0.15, 0.2) is 0 Å². The van der Waals surface area contributed by atoms with Gasteiger partial charge in [-0.1, -0.05) is 13.8 Å². The number of piperazine rings is 1. The lowest BCUT2D eigenvalue weighted by Crippen LogP contribution is -2.50. The summed E-state index contributed by atoms with van der Waals surface area (Å²) in [6, 6.07) is -0.492. The van der Waals surface area contributed by atoms with Crippen LogP contribution in [0.4, 0.5) is 4.79 Å². The number of carbonyl (C=O) groups excluding carboxylic acids is 1. The number of nitrogens with one attached hydrogen (secondary N) is 1. The molecule has 2 N–H and O–H groups in total. The van der Waals surface area contributed by atoms with Gasteiger partial charge in [-0.2, -0.15) is 0 Å². The van der Waals surface area contributed by atoms with Crippen LogP contribution in [-0.4, -0.2) is 77.9 Å². The fraction of sp³-hybridized carbons (Fsp3) is 0.882. The molecule has 1 atom stereocenters. The van der Waals surface area contributed by atoms with E-state index in [0.717, 1.165) is 26.1 Å². The average Bonchev–Trinajstić information content (AvgIpc) is 2.45. The van der Waals surface area contributed by atoms with E-state index < -0.39 is 17.6 Å². The molecule has 140 valence electrons. The third-order valence-electron chi connectivity index (χ3n) is 3.97. The predicted octanol–water partition coefficient (Wildman–Crippen LogP) is 1.63. The summed E-state index contributed by atoms with van der Waals surface area (Å²) in [5.74, 6) is -0.726. The van der Waals surface area contributed by atoms with E-state index in [1.54, 1.807) is 4.90 Å². The SMILES string of the molecule is CC(C)[C@H](NCCCN1CCN(C(=O)OC(C)(C)C)CC1)C(=O)O. The molecule has 1 aliphatic heterocycles. The Bertz CT molecular complexity index is 413. The lowest BCUT2D eigenvalue weighted by atomic mass is 10.0. The molecule has 1 heterocycles. The number of carbonyl (C=O) groups is 2. The summed E-state index contributed by atoms with van der Waals surface area (Å²) >= 11 is 0. The number of carboxylic acid groups (broad SMARTS) is 1. The molecular formula is C17H33N3O4. The van der Waals surface area contributed by atoms with Crippen molar-refractivity contribution in [3.05, 3.63) is 0 Å². The number of hydrogen-bond acceptors (Lipinski definition) is 5. The Morgan fingerprint density at radius 1 is 1.17 bits per heavy atom. The third kappa shape index (κ3) is 7.49. The van der Waals surface area contributed by atoms with E-state index in [-0.39, 0.29) is 12.0 Å². The number of carboxylic acids is 1. The number of aliphatic carboxylic acids is 1. The first kappa shape index (κ1) is 20.7. The number of rotatable bonds is 7. The van der Waals surface area contributed by atoms with Gasteiger partial charge in [-0.25, -0.2) is 4.79 Å². The van der Waals surface area contributed by atoms with Crippen molar-refractivity contribution in [1.29, 1.82) is 0 Å². The van der Waals surface area contributed by atoms with Gasteiger partial charge in [-0.05, 0) is 46.2 Å². The monoisotopic (exact) mass is 343 g/mol. The molecule has 0 aromatic heterocycles. The van der Waals surface area contributed by atoms with Crippen LogP contribution >= 0.6 is 0 Å². The Hall–Kier alpha value is -1.34. The smallest absolute Gasteiger partial charge is 0.410 e. The maximum Gasteiger partial charge on any atom is 0.410 e. The molecule has 1 rings (SSSR count). The van der Waals surface area contributed by atoms with E-state index in [1.807, 2.05) is 34.6 Å². The summed E-state index contributed by atoms with van der Waals surface area (Å²) in [5, 5.41) is 12.2. The minimum atomic E-state index is -0.795. The molecule has 0 saturated carbocycles. The second kappa shape index (κ2) is 9.22. The third-order valence-corrected chi connectivity index (χ3v) is 3.97. The van der Waals surface area contributed by atoms with Crippen molar-refractivity contribution in [2.45, 2.75) is 52.7 Å². The van der Waals surface area contributed by atoms with Crippen LogP contribution in [0.25, 0.3) is 0 Å². The molecule has 1 saturated heterocycles. The van der Waals surface area contributed by atoms with Crippen molar-refractivity contribution in [2.24, 2.45) is 5.92 Å². The topological polar surface area (TPSA) is 82.1 Å². The second-order valence-corrected chi connectivity index (χ2v) is 7.68. The van der Waals surface area contributed by atoms with Crippen molar-refractivity contribution in [1.82, 2.24) is 15.1 Å². The van der Waals surface area contributed by atoms with Gasteiger partial charge < -0.3 is 20.1 Å². The van der Waals surface area contributed by atoms with E-state index in [2.05, 4.69) is 10.2 Å². The number of ether oxygens (including phenoxy) is 1. The average molecular weight is 343 g/mol. The van der Waals surface area contributed by atoms with E-state index >= 15 is 0 Å². The predicted molar refractivity (Wildman–Crippen MR) is 93.1 cm³/mol. The molecule has 1 fully saturated rings. The molecule has 7 heteroatoms. The Balaban J connectivity index is 2.22. The molecular weight excluding hydrogens is 310 g/mol. The normalized spacial score (nSPS) is 17.8. The maximum atomic E-state index is 12.0. The minimum Gasteiger partial charge on any atom is -0.480 e. The van der Waals surface area contributed by atoms with Crippen molar-refractivity contribution in [3.8, 4) is 0 Å². The van der Waals surface area contributed by atoms with Gasteiger partial charge in [-0.3, -0.25) is 9.69 Å². The van der Waals surface area contributed by atoms with Crippen molar-refractivity contribution >= 4 is 12.1 Å². The Morgan fingerprint density at radius 2 is 1.75 bits per heavy atom. The summed E-state index contributed by atoms with van der Waals surface area (Å²) in [4.78, 5) is 27.2. The lowest BCUT2D eigenvalue weighted by molar-refractivity contribution is -0.140. The van der Waals surface area contributed by atoms with Crippen LogP contribution < -0.4 is 5.32 Å². The van der Waals surface area contributed by atoms with Crippen molar-refractivity contribution in [3.63, 3.8) is 0 Å². The number of hydrogen-bond donors (Lipinski definition) is 2. The molecule has 0 aromatic carbocycles. The largest absolute Gasteiger partial charge is 0.480 e. The first-order valence-corrected chi connectivity index (χ1v) is 8.76. The molecule has 0 aromatic rings. The van der Waals surface area contributed by atoms with Crippen LogP contribution in [-0.2, 0) is 9.53 Å². The molecule has 1 amide bonds. The molecule has 0 spiro atoms. The van der Waals surface area contributed by atoms with Gasteiger partial charge >= 0.3 is 12.1 Å². The first-order valence-electron chi connectivity index (χ1n) is 8.76. The zero-order valence-electron chi connectivity index (χ0n) is 15.7. The second-order valence-electron chi connectivity index (χ2n) is 7.68. The van der Waals surface area contributed by atoms with E-state index in [1.165, 1.54) is 0 Å². The fourth-order valence-electron chi connectivity index (χ4n) is 2.65. The van der Waals surface area contributed by atoms with E-state index in [4.69, 9.17) is 9.84 Å². The van der Waals surface area contributed by atoms with E-state index in [0.29, 0.717) is 19.6 Å². The van der Waals surface area contributed by atoms with Gasteiger partial charge in [0.2, 0.25) is 0 Å². The lowest BCUT2D eigenvalue weighted by Gasteiger charge is -2.35. The van der Waals surface area contributed by atoms with Crippen LogP contribution in [0.5, 0.6) is 0 Å². The molecule has 7 nitrogen and oxygen atoms in total.